The molecule has 19 heavy (non-hydrogen) atoms. The fraction of sp³-hybridized carbons (Fsp3) is 0.500. The topological polar surface area (TPSA) is 50.5 Å². The standard InChI is InChI=1S/C14H18ClN3O/c15-13-4-2-1-3-12(13)14(11-16)18-7-5-17(6-8-18)9-10-19/h1-4,14,19H,5-10H2. The highest BCUT2D eigenvalue weighted by molar-refractivity contribution is 6.31. The normalized spacial score (nSPS) is 19.0. The minimum absolute atomic E-state index is 0.187. The molecule has 1 aliphatic rings. The maximum Gasteiger partial charge on any atom is 0.125 e. The van der Waals surface area contributed by atoms with Crippen LogP contribution in [-0.4, -0.2) is 54.2 Å². The first-order valence-corrected chi connectivity index (χ1v) is 6.85. The van der Waals surface area contributed by atoms with Gasteiger partial charge in [-0.1, -0.05) is 29.8 Å². The summed E-state index contributed by atoms with van der Waals surface area (Å²) in [5.41, 5.74) is 0.877. The van der Waals surface area contributed by atoms with Crippen LogP contribution in [0.1, 0.15) is 11.6 Å². The van der Waals surface area contributed by atoms with Gasteiger partial charge in [-0.2, -0.15) is 5.26 Å². The molecule has 1 aromatic rings. The van der Waals surface area contributed by atoms with E-state index in [2.05, 4.69) is 15.9 Å². The summed E-state index contributed by atoms with van der Waals surface area (Å²) in [6.07, 6.45) is 0. The molecular weight excluding hydrogens is 262 g/mol. The zero-order chi connectivity index (χ0) is 13.7. The Morgan fingerprint density at radius 1 is 1.26 bits per heavy atom. The summed E-state index contributed by atoms with van der Waals surface area (Å²) in [5.74, 6) is 0. The molecule has 2 rings (SSSR count). The Kier molecular flexibility index (Phi) is 5.17. The summed E-state index contributed by atoms with van der Waals surface area (Å²) in [6, 6.07) is 9.58. The maximum absolute atomic E-state index is 9.42. The Morgan fingerprint density at radius 3 is 2.53 bits per heavy atom. The van der Waals surface area contributed by atoms with E-state index in [1.165, 1.54) is 0 Å². The maximum atomic E-state index is 9.42. The molecule has 1 aliphatic heterocycles. The lowest BCUT2D eigenvalue weighted by molar-refractivity contribution is 0.0982. The SMILES string of the molecule is N#CC(c1ccccc1Cl)N1CCN(CCO)CC1. The Bertz CT molecular complexity index is 452. The molecule has 0 amide bonds. The van der Waals surface area contributed by atoms with Crippen LogP contribution in [0.5, 0.6) is 0 Å². The fourth-order valence-electron chi connectivity index (χ4n) is 2.43. The van der Waals surface area contributed by atoms with Gasteiger partial charge in [-0.05, 0) is 6.07 Å². The molecular formula is C14H18ClN3O. The average Bonchev–Trinajstić information content (AvgIpc) is 2.44. The molecule has 4 nitrogen and oxygen atoms in total. The molecule has 1 fully saturated rings. The first kappa shape index (κ1) is 14.3. The Labute approximate surface area is 118 Å². The van der Waals surface area contributed by atoms with Crippen molar-refractivity contribution in [3.63, 3.8) is 0 Å². The third-order valence-electron chi connectivity index (χ3n) is 3.51. The third-order valence-corrected chi connectivity index (χ3v) is 3.85. The lowest BCUT2D eigenvalue weighted by atomic mass is 10.1. The van der Waals surface area contributed by atoms with Crippen molar-refractivity contribution < 1.29 is 5.11 Å². The highest BCUT2D eigenvalue weighted by Crippen LogP contribution is 2.27. The molecule has 0 aromatic heterocycles. The van der Waals surface area contributed by atoms with E-state index in [0.717, 1.165) is 31.7 Å². The number of rotatable bonds is 4. The molecule has 1 N–H and O–H groups in total. The van der Waals surface area contributed by atoms with Crippen molar-refractivity contribution >= 4 is 11.6 Å². The van der Waals surface area contributed by atoms with Gasteiger partial charge < -0.3 is 5.11 Å². The molecule has 1 atom stereocenters. The summed E-state index contributed by atoms with van der Waals surface area (Å²) in [6.45, 7) is 4.29. The van der Waals surface area contributed by atoms with Crippen LogP contribution in [0.15, 0.2) is 24.3 Å². The summed E-state index contributed by atoms with van der Waals surface area (Å²) in [5, 5.41) is 19.0. The largest absolute Gasteiger partial charge is 0.395 e. The van der Waals surface area contributed by atoms with Crippen molar-refractivity contribution in [1.29, 1.82) is 5.26 Å². The predicted octanol–water partition coefficient (Wildman–Crippen LogP) is 1.51. The Morgan fingerprint density at radius 2 is 1.95 bits per heavy atom. The van der Waals surface area contributed by atoms with Gasteiger partial charge in [0.05, 0.1) is 12.7 Å². The van der Waals surface area contributed by atoms with Crippen LogP contribution >= 0.6 is 11.6 Å². The number of piperazine rings is 1. The number of hydrogen-bond acceptors (Lipinski definition) is 4. The average molecular weight is 280 g/mol. The number of nitrogens with zero attached hydrogens (tertiary/aromatic N) is 3. The van der Waals surface area contributed by atoms with Gasteiger partial charge in [-0.25, -0.2) is 0 Å². The van der Waals surface area contributed by atoms with Crippen LogP contribution < -0.4 is 0 Å². The monoisotopic (exact) mass is 279 g/mol. The number of aliphatic hydroxyl groups excluding tert-OH is 1. The first-order valence-electron chi connectivity index (χ1n) is 6.47. The number of hydrogen-bond donors (Lipinski definition) is 1. The number of nitriles is 1. The number of benzene rings is 1. The van der Waals surface area contributed by atoms with Crippen molar-refractivity contribution in [2.24, 2.45) is 0 Å². The van der Waals surface area contributed by atoms with E-state index >= 15 is 0 Å². The van der Waals surface area contributed by atoms with Gasteiger partial charge in [0.2, 0.25) is 0 Å². The molecule has 0 spiro atoms. The Hall–Kier alpha value is -1.12. The summed E-state index contributed by atoms with van der Waals surface area (Å²) in [4.78, 5) is 4.35. The van der Waals surface area contributed by atoms with Crippen LogP contribution in [0.3, 0.4) is 0 Å². The Balaban J connectivity index is 2.05. The highest BCUT2D eigenvalue weighted by atomic mass is 35.5. The smallest absolute Gasteiger partial charge is 0.125 e. The molecule has 1 saturated heterocycles. The van der Waals surface area contributed by atoms with Gasteiger partial charge in [-0.3, -0.25) is 9.80 Å². The van der Waals surface area contributed by atoms with Gasteiger partial charge >= 0.3 is 0 Å². The molecule has 1 aromatic carbocycles. The molecule has 1 heterocycles. The van der Waals surface area contributed by atoms with Crippen LogP contribution in [0, 0.1) is 11.3 Å². The number of β-amino-alcohol motifs (C(OH)–C–C–N with tert-alkyl or cyclic N) is 1. The van der Waals surface area contributed by atoms with E-state index in [-0.39, 0.29) is 12.6 Å². The van der Waals surface area contributed by atoms with Crippen molar-refractivity contribution in [3.05, 3.63) is 34.9 Å². The van der Waals surface area contributed by atoms with Crippen molar-refractivity contribution in [2.75, 3.05) is 39.3 Å². The molecule has 5 heteroatoms. The van der Waals surface area contributed by atoms with Gasteiger partial charge in [-0.15, -0.1) is 0 Å². The second-order valence-electron chi connectivity index (χ2n) is 4.65. The molecule has 0 radical (unpaired) electrons. The van der Waals surface area contributed by atoms with E-state index in [9.17, 15) is 5.26 Å². The number of halogens is 1. The quantitative estimate of drug-likeness (QED) is 0.908. The van der Waals surface area contributed by atoms with E-state index in [4.69, 9.17) is 16.7 Å². The minimum atomic E-state index is -0.287. The van der Waals surface area contributed by atoms with E-state index < -0.39 is 0 Å². The van der Waals surface area contributed by atoms with Crippen LogP contribution in [0.4, 0.5) is 0 Å². The van der Waals surface area contributed by atoms with Gasteiger partial charge in [0.15, 0.2) is 0 Å². The van der Waals surface area contributed by atoms with Crippen molar-refractivity contribution in [3.8, 4) is 6.07 Å². The third kappa shape index (κ3) is 3.46. The second kappa shape index (κ2) is 6.88. The van der Waals surface area contributed by atoms with Crippen molar-refractivity contribution in [2.45, 2.75) is 6.04 Å². The van der Waals surface area contributed by atoms with Crippen LogP contribution in [-0.2, 0) is 0 Å². The number of aliphatic hydroxyl groups is 1. The van der Waals surface area contributed by atoms with Crippen LogP contribution in [0.2, 0.25) is 5.02 Å². The van der Waals surface area contributed by atoms with Gasteiger partial charge in [0, 0.05) is 43.3 Å². The highest BCUT2D eigenvalue weighted by Gasteiger charge is 2.25. The summed E-state index contributed by atoms with van der Waals surface area (Å²) >= 11 is 6.17. The fourth-order valence-corrected chi connectivity index (χ4v) is 2.67. The van der Waals surface area contributed by atoms with Gasteiger partial charge in [0.1, 0.15) is 6.04 Å². The summed E-state index contributed by atoms with van der Waals surface area (Å²) < 4.78 is 0. The van der Waals surface area contributed by atoms with Crippen molar-refractivity contribution in [1.82, 2.24) is 9.80 Å². The van der Waals surface area contributed by atoms with Crippen LogP contribution in [0.25, 0.3) is 0 Å². The lowest BCUT2D eigenvalue weighted by Gasteiger charge is -2.36. The van der Waals surface area contributed by atoms with E-state index in [1.807, 2.05) is 24.3 Å². The molecule has 0 bridgehead atoms. The van der Waals surface area contributed by atoms with E-state index in [1.54, 1.807) is 0 Å². The molecule has 0 aliphatic carbocycles. The first-order chi connectivity index (χ1) is 9.26. The zero-order valence-corrected chi connectivity index (χ0v) is 11.6. The molecule has 1 unspecified atom stereocenters. The van der Waals surface area contributed by atoms with E-state index in [0.29, 0.717) is 11.6 Å². The molecule has 0 saturated carbocycles. The molecule has 102 valence electrons. The minimum Gasteiger partial charge on any atom is -0.395 e. The lowest BCUT2D eigenvalue weighted by Crippen LogP contribution is -2.48. The zero-order valence-electron chi connectivity index (χ0n) is 10.8. The summed E-state index contributed by atoms with van der Waals surface area (Å²) in [7, 11) is 0. The van der Waals surface area contributed by atoms with Gasteiger partial charge in [0.25, 0.3) is 0 Å². The predicted molar refractivity (Wildman–Crippen MR) is 74.9 cm³/mol. The second-order valence-corrected chi connectivity index (χ2v) is 5.06.